The van der Waals surface area contributed by atoms with Gasteiger partial charge in [0.05, 0.1) is 12.5 Å². The van der Waals surface area contributed by atoms with Crippen molar-refractivity contribution in [1.29, 1.82) is 5.26 Å². The molecule has 0 radical (unpaired) electrons. The van der Waals surface area contributed by atoms with Gasteiger partial charge in [-0.2, -0.15) is 5.26 Å². The number of nitrogens with two attached hydrogens (primary N) is 1. The number of nitrogens with zero attached hydrogens (tertiary/aromatic N) is 2. The van der Waals surface area contributed by atoms with Crippen molar-refractivity contribution in [2.75, 3.05) is 13.1 Å². The van der Waals surface area contributed by atoms with Crippen LogP contribution in [0.4, 0.5) is 4.79 Å². The average Bonchev–Trinajstić information content (AvgIpc) is 2.05. The van der Waals surface area contributed by atoms with Gasteiger partial charge in [-0.15, -0.1) is 0 Å². The van der Waals surface area contributed by atoms with Crippen molar-refractivity contribution in [3.8, 4) is 6.07 Å². The summed E-state index contributed by atoms with van der Waals surface area (Å²) in [5.41, 5.74) is 5.42. The van der Waals surface area contributed by atoms with E-state index in [1.807, 2.05) is 6.07 Å². The first kappa shape index (κ1) is 9.81. The van der Waals surface area contributed by atoms with E-state index in [1.165, 1.54) is 4.90 Å². The van der Waals surface area contributed by atoms with Crippen molar-refractivity contribution >= 4 is 6.09 Å². The van der Waals surface area contributed by atoms with Crippen LogP contribution in [0.2, 0.25) is 0 Å². The molecule has 0 unspecified atom stereocenters. The number of piperidine rings is 1. The Kier molecular flexibility index (Phi) is 2.73. The summed E-state index contributed by atoms with van der Waals surface area (Å²) in [5, 5.41) is 17.2. The minimum atomic E-state index is -0.904. The summed E-state index contributed by atoms with van der Waals surface area (Å²) in [5.74, 6) is 0. The number of likely N-dealkylation sites (tertiary alicyclic amines) is 1. The third-order valence-corrected chi connectivity index (χ3v) is 2.46. The summed E-state index contributed by atoms with van der Waals surface area (Å²) in [4.78, 5) is 11.9. The highest BCUT2D eigenvalue weighted by Gasteiger charge is 2.31. The highest BCUT2D eigenvalue weighted by atomic mass is 16.4. The molecule has 1 heterocycles. The maximum Gasteiger partial charge on any atom is 0.407 e. The molecule has 1 saturated heterocycles. The fraction of sp³-hybridized carbons (Fsp3) is 0.750. The first-order valence-corrected chi connectivity index (χ1v) is 4.21. The summed E-state index contributed by atoms with van der Waals surface area (Å²) in [7, 11) is 0. The van der Waals surface area contributed by atoms with Crippen molar-refractivity contribution < 1.29 is 9.90 Å². The van der Waals surface area contributed by atoms with Gasteiger partial charge in [0.2, 0.25) is 0 Å². The van der Waals surface area contributed by atoms with Crippen molar-refractivity contribution in [1.82, 2.24) is 4.90 Å². The summed E-state index contributed by atoms with van der Waals surface area (Å²) in [6.45, 7) is 0.876. The van der Waals surface area contributed by atoms with Crippen molar-refractivity contribution in [3.63, 3.8) is 0 Å². The second kappa shape index (κ2) is 3.62. The number of rotatable bonds is 1. The van der Waals surface area contributed by atoms with Crippen LogP contribution in [0, 0.1) is 11.3 Å². The molecule has 0 aromatic carbocycles. The molecule has 3 N–H and O–H groups in total. The zero-order valence-corrected chi connectivity index (χ0v) is 7.36. The Balaban J connectivity index is 2.47. The second-order valence-corrected chi connectivity index (χ2v) is 3.47. The predicted molar refractivity (Wildman–Crippen MR) is 46.0 cm³/mol. The predicted octanol–water partition coefficient (Wildman–Crippen LogP) is 0.371. The van der Waals surface area contributed by atoms with Crippen LogP contribution in [0.15, 0.2) is 0 Å². The Bertz CT molecular complexity index is 238. The van der Waals surface area contributed by atoms with Gasteiger partial charge in [0.25, 0.3) is 0 Å². The fourth-order valence-electron chi connectivity index (χ4n) is 1.48. The van der Waals surface area contributed by atoms with Gasteiger partial charge in [0.1, 0.15) is 0 Å². The third-order valence-electron chi connectivity index (χ3n) is 2.46. The van der Waals surface area contributed by atoms with Gasteiger partial charge in [-0.3, -0.25) is 0 Å². The molecule has 0 aromatic rings. The molecule has 0 atom stereocenters. The number of carbonyl (C=O) groups is 1. The van der Waals surface area contributed by atoms with Gasteiger partial charge in [-0.05, 0) is 12.8 Å². The van der Waals surface area contributed by atoms with Gasteiger partial charge < -0.3 is 15.7 Å². The van der Waals surface area contributed by atoms with Crippen molar-refractivity contribution in [2.45, 2.75) is 24.8 Å². The van der Waals surface area contributed by atoms with Crippen LogP contribution in [0.1, 0.15) is 19.3 Å². The quantitative estimate of drug-likeness (QED) is 0.614. The highest BCUT2D eigenvalue weighted by Crippen LogP contribution is 2.22. The van der Waals surface area contributed by atoms with E-state index in [9.17, 15) is 4.79 Å². The van der Waals surface area contributed by atoms with Gasteiger partial charge in [0.15, 0.2) is 0 Å². The number of hydrogen-bond acceptors (Lipinski definition) is 3. The van der Waals surface area contributed by atoms with E-state index in [0.29, 0.717) is 32.4 Å². The van der Waals surface area contributed by atoms with Crippen molar-refractivity contribution in [3.05, 3.63) is 0 Å². The van der Waals surface area contributed by atoms with E-state index in [1.54, 1.807) is 0 Å². The zero-order chi connectivity index (χ0) is 9.90. The van der Waals surface area contributed by atoms with E-state index < -0.39 is 11.6 Å². The molecule has 1 amide bonds. The lowest BCUT2D eigenvalue weighted by Gasteiger charge is -2.36. The molecule has 0 aliphatic carbocycles. The lowest BCUT2D eigenvalue weighted by molar-refractivity contribution is 0.118. The smallest absolute Gasteiger partial charge is 0.407 e. The number of nitriles is 1. The van der Waals surface area contributed by atoms with Crippen LogP contribution in [-0.2, 0) is 0 Å². The summed E-state index contributed by atoms with van der Waals surface area (Å²) >= 11 is 0. The molecular weight excluding hydrogens is 170 g/mol. The lowest BCUT2D eigenvalue weighted by atomic mass is 9.86. The Hall–Kier alpha value is -1.28. The minimum Gasteiger partial charge on any atom is -0.465 e. The van der Waals surface area contributed by atoms with E-state index in [4.69, 9.17) is 16.1 Å². The van der Waals surface area contributed by atoms with E-state index >= 15 is 0 Å². The van der Waals surface area contributed by atoms with Crippen LogP contribution in [0.5, 0.6) is 0 Å². The second-order valence-electron chi connectivity index (χ2n) is 3.47. The Morgan fingerprint density at radius 1 is 1.62 bits per heavy atom. The maximum absolute atomic E-state index is 10.5. The number of carboxylic acid groups (broad SMARTS) is 1. The largest absolute Gasteiger partial charge is 0.465 e. The molecule has 5 nitrogen and oxygen atoms in total. The molecule has 0 bridgehead atoms. The molecule has 5 heteroatoms. The topological polar surface area (TPSA) is 90.4 Å². The monoisotopic (exact) mass is 183 g/mol. The summed E-state index contributed by atoms with van der Waals surface area (Å²) < 4.78 is 0. The third kappa shape index (κ3) is 2.33. The lowest BCUT2D eigenvalue weighted by Crippen LogP contribution is -2.51. The average molecular weight is 183 g/mol. The zero-order valence-electron chi connectivity index (χ0n) is 7.36. The number of amides is 1. The summed E-state index contributed by atoms with van der Waals surface area (Å²) in [6, 6.07) is 2.03. The van der Waals surface area contributed by atoms with E-state index in [0.717, 1.165) is 0 Å². The van der Waals surface area contributed by atoms with Gasteiger partial charge in [-0.25, -0.2) is 4.79 Å². The van der Waals surface area contributed by atoms with Gasteiger partial charge in [0, 0.05) is 18.6 Å². The Morgan fingerprint density at radius 3 is 2.54 bits per heavy atom. The minimum absolute atomic E-state index is 0.306. The standard InChI is InChI=1S/C8H13N3O2/c9-4-1-8(10)2-5-11(6-3-8)7(12)13/h1-3,5-6,10H2,(H,12,13). The maximum atomic E-state index is 10.5. The molecule has 0 aromatic heterocycles. The van der Waals surface area contributed by atoms with Crippen LogP contribution < -0.4 is 5.73 Å². The van der Waals surface area contributed by atoms with Crippen LogP contribution in [0.25, 0.3) is 0 Å². The van der Waals surface area contributed by atoms with Crippen molar-refractivity contribution in [2.24, 2.45) is 5.73 Å². The molecule has 13 heavy (non-hydrogen) atoms. The van der Waals surface area contributed by atoms with Gasteiger partial charge >= 0.3 is 6.09 Å². The normalized spacial score (nSPS) is 20.8. The molecule has 0 spiro atoms. The Morgan fingerprint density at radius 2 is 2.15 bits per heavy atom. The molecular formula is C8H13N3O2. The molecule has 1 rings (SSSR count). The van der Waals surface area contributed by atoms with Crippen LogP contribution >= 0.6 is 0 Å². The van der Waals surface area contributed by atoms with Crippen LogP contribution in [-0.4, -0.2) is 34.7 Å². The van der Waals surface area contributed by atoms with E-state index in [-0.39, 0.29) is 0 Å². The first-order valence-electron chi connectivity index (χ1n) is 4.21. The first-order chi connectivity index (χ1) is 6.07. The fourth-order valence-corrected chi connectivity index (χ4v) is 1.48. The molecule has 1 aliphatic heterocycles. The van der Waals surface area contributed by atoms with Gasteiger partial charge in [-0.1, -0.05) is 0 Å². The SMILES string of the molecule is N#CCC1(N)CCN(C(=O)O)CC1. The molecule has 0 saturated carbocycles. The highest BCUT2D eigenvalue weighted by molar-refractivity contribution is 5.65. The van der Waals surface area contributed by atoms with Crippen LogP contribution in [0.3, 0.4) is 0 Å². The summed E-state index contributed by atoms with van der Waals surface area (Å²) in [6.07, 6.45) is 0.555. The molecule has 1 aliphatic rings. The molecule has 72 valence electrons. The van der Waals surface area contributed by atoms with E-state index in [2.05, 4.69) is 0 Å². The Labute approximate surface area is 76.7 Å². The molecule has 1 fully saturated rings. The number of hydrogen-bond donors (Lipinski definition) is 2.